The number of hydrogen-bond acceptors (Lipinski definition) is 4. The first-order valence-corrected chi connectivity index (χ1v) is 6.97. The second-order valence-corrected chi connectivity index (χ2v) is 4.98. The van der Waals surface area contributed by atoms with Gasteiger partial charge in [-0.05, 0) is 25.8 Å². The van der Waals surface area contributed by atoms with Crippen molar-refractivity contribution in [2.24, 2.45) is 0 Å². The van der Waals surface area contributed by atoms with Crippen molar-refractivity contribution in [3.8, 4) is 11.5 Å². The third-order valence-electron chi connectivity index (χ3n) is 3.52. The second kappa shape index (κ2) is 8.74. The molecule has 21 heavy (non-hydrogen) atoms. The molecule has 1 aliphatic rings. The molecular formula is C15H23ClN2O3. The van der Waals surface area contributed by atoms with Gasteiger partial charge in [-0.3, -0.25) is 4.79 Å². The molecular weight excluding hydrogens is 292 g/mol. The highest BCUT2D eigenvalue weighted by molar-refractivity contribution is 5.91. The first kappa shape index (κ1) is 17.6. The van der Waals surface area contributed by atoms with Crippen LogP contribution in [0.2, 0.25) is 0 Å². The van der Waals surface area contributed by atoms with Gasteiger partial charge in [-0.25, -0.2) is 0 Å². The number of amides is 1. The Morgan fingerprint density at radius 1 is 1.29 bits per heavy atom. The fourth-order valence-electron chi connectivity index (χ4n) is 2.41. The summed E-state index contributed by atoms with van der Waals surface area (Å²) in [4.78, 5) is 11.9. The summed E-state index contributed by atoms with van der Waals surface area (Å²) in [5.74, 6) is 1.35. The lowest BCUT2D eigenvalue weighted by atomic mass is 10.1. The van der Waals surface area contributed by atoms with E-state index in [0.29, 0.717) is 29.6 Å². The van der Waals surface area contributed by atoms with E-state index < -0.39 is 0 Å². The van der Waals surface area contributed by atoms with E-state index in [4.69, 9.17) is 9.47 Å². The number of hydrogen-bond donors (Lipinski definition) is 2. The van der Waals surface area contributed by atoms with Crippen molar-refractivity contribution < 1.29 is 14.3 Å². The topological polar surface area (TPSA) is 59.6 Å². The van der Waals surface area contributed by atoms with Crippen LogP contribution in [0.3, 0.4) is 0 Å². The van der Waals surface area contributed by atoms with Crippen molar-refractivity contribution in [3.63, 3.8) is 0 Å². The molecule has 1 unspecified atom stereocenters. The van der Waals surface area contributed by atoms with Crippen molar-refractivity contribution in [1.82, 2.24) is 5.32 Å². The first-order chi connectivity index (χ1) is 9.71. The maximum absolute atomic E-state index is 11.9. The van der Waals surface area contributed by atoms with Crippen LogP contribution < -0.4 is 20.1 Å². The molecule has 1 saturated heterocycles. The molecule has 0 aromatic heterocycles. The highest BCUT2D eigenvalue weighted by atomic mass is 35.5. The molecule has 6 heteroatoms. The van der Waals surface area contributed by atoms with E-state index in [9.17, 15) is 4.79 Å². The van der Waals surface area contributed by atoms with Crippen LogP contribution in [0.5, 0.6) is 11.5 Å². The lowest BCUT2D eigenvalue weighted by molar-refractivity contribution is -0.116. The van der Waals surface area contributed by atoms with E-state index in [1.165, 1.54) is 12.8 Å². The van der Waals surface area contributed by atoms with Crippen LogP contribution in [-0.2, 0) is 4.79 Å². The van der Waals surface area contributed by atoms with E-state index in [-0.39, 0.29) is 18.3 Å². The predicted octanol–water partition coefficient (Wildman–Crippen LogP) is 2.60. The molecule has 0 radical (unpaired) electrons. The van der Waals surface area contributed by atoms with Gasteiger partial charge in [-0.15, -0.1) is 12.4 Å². The van der Waals surface area contributed by atoms with Crippen LogP contribution in [0.1, 0.15) is 25.7 Å². The van der Waals surface area contributed by atoms with Crippen LogP contribution in [-0.4, -0.2) is 32.7 Å². The summed E-state index contributed by atoms with van der Waals surface area (Å²) < 4.78 is 10.4. The Hall–Kier alpha value is -1.46. The normalized spacial score (nSPS) is 17.0. The molecule has 0 saturated carbocycles. The van der Waals surface area contributed by atoms with Gasteiger partial charge in [-0.1, -0.05) is 0 Å². The molecule has 1 aromatic rings. The summed E-state index contributed by atoms with van der Waals surface area (Å²) in [7, 11) is 3.18. The predicted molar refractivity (Wildman–Crippen MR) is 85.7 cm³/mol. The monoisotopic (exact) mass is 314 g/mol. The van der Waals surface area contributed by atoms with Gasteiger partial charge < -0.3 is 20.1 Å². The van der Waals surface area contributed by atoms with Gasteiger partial charge in [0.05, 0.1) is 14.2 Å². The third-order valence-corrected chi connectivity index (χ3v) is 3.52. The Bertz CT molecular complexity index is 440. The van der Waals surface area contributed by atoms with Gasteiger partial charge in [0.25, 0.3) is 0 Å². The van der Waals surface area contributed by atoms with Crippen molar-refractivity contribution >= 4 is 24.0 Å². The van der Waals surface area contributed by atoms with Crippen molar-refractivity contribution in [3.05, 3.63) is 18.2 Å². The molecule has 1 aromatic carbocycles. The zero-order valence-corrected chi connectivity index (χ0v) is 13.3. The quantitative estimate of drug-likeness (QED) is 0.847. The summed E-state index contributed by atoms with van der Waals surface area (Å²) in [5, 5.41) is 6.28. The summed E-state index contributed by atoms with van der Waals surface area (Å²) in [6.07, 6.45) is 3.78. The summed E-state index contributed by atoms with van der Waals surface area (Å²) in [6.45, 7) is 1.07. The molecule has 1 heterocycles. The molecule has 0 bridgehead atoms. The fraction of sp³-hybridized carbons (Fsp3) is 0.533. The number of nitrogens with one attached hydrogen (secondary N) is 2. The first-order valence-electron chi connectivity index (χ1n) is 6.97. The second-order valence-electron chi connectivity index (χ2n) is 4.98. The van der Waals surface area contributed by atoms with Crippen molar-refractivity contribution in [2.75, 3.05) is 26.1 Å². The number of ether oxygens (including phenoxy) is 2. The van der Waals surface area contributed by atoms with Gasteiger partial charge >= 0.3 is 0 Å². The van der Waals surface area contributed by atoms with E-state index in [1.807, 2.05) is 0 Å². The maximum Gasteiger partial charge on any atom is 0.224 e. The minimum atomic E-state index is 0. The van der Waals surface area contributed by atoms with Crippen LogP contribution in [0.25, 0.3) is 0 Å². The molecule has 2 N–H and O–H groups in total. The molecule has 0 aliphatic carbocycles. The van der Waals surface area contributed by atoms with Gasteiger partial charge in [0, 0.05) is 36.3 Å². The fourth-order valence-corrected chi connectivity index (χ4v) is 2.41. The Kier molecular flexibility index (Phi) is 7.32. The minimum absolute atomic E-state index is 0. The van der Waals surface area contributed by atoms with E-state index in [1.54, 1.807) is 32.4 Å². The van der Waals surface area contributed by atoms with Gasteiger partial charge in [-0.2, -0.15) is 0 Å². The van der Waals surface area contributed by atoms with Gasteiger partial charge in [0.15, 0.2) is 0 Å². The molecule has 1 fully saturated rings. The van der Waals surface area contributed by atoms with E-state index >= 15 is 0 Å². The highest BCUT2D eigenvalue weighted by Crippen LogP contribution is 2.26. The number of carbonyl (C=O) groups is 1. The zero-order chi connectivity index (χ0) is 14.4. The third kappa shape index (κ3) is 5.44. The van der Waals surface area contributed by atoms with Gasteiger partial charge in [0.2, 0.25) is 5.91 Å². The standard InChI is InChI=1S/C15H22N2O3.ClH/c1-19-13-8-12(9-14(10-13)20-2)17-15(18)6-5-11-4-3-7-16-11;/h8-11,16H,3-7H2,1-2H3,(H,17,18);1H. The van der Waals surface area contributed by atoms with Crippen LogP contribution >= 0.6 is 12.4 Å². The average molecular weight is 315 g/mol. The van der Waals surface area contributed by atoms with Gasteiger partial charge in [0.1, 0.15) is 11.5 Å². The minimum Gasteiger partial charge on any atom is -0.497 e. The lowest BCUT2D eigenvalue weighted by Gasteiger charge is -2.12. The molecule has 1 amide bonds. The van der Waals surface area contributed by atoms with Crippen LogP contribution in [0.15, 0.2) is 18.2 Å². The Labute approximate surface area is 131 Å². The molecule has 5 nitrogen and oxygen atoms in total. The number of benzene rings is 1. The smallest absolute Gasteiger partial charge is 0.224 e. The number of halogens is 1. The summed E-state index contributed by atoms with van der Waals surface area (Å²) >= 11 is 0. The zero-order valence-electron chi connectivity index (χ0n) is 12.5. The van der Waals surface area contributed by atoms with E-state index in [0.717, 1.165) is 13.0 Å². The van der Waals surface area contributed by atoms with E-state index in [2.05, 4.69) is 10.6 Å². The molecule has 0 spiro atoms. The molecule has 2 rings (SSSR count). The summed E-state index contributed by atoms with van der Waals surface area (Å²) in [6, 6.07) is 5.83. The maximum atomic E-state index is 11.9. The van der Waals surface area contributed by atoms with Crippen LogP contribution in [0, 0.1) is 0 Å². The highest BCUT2D eigenvalue weighted by Gasteiger charge is 2.15. The SMILES string of the molecule is COc1cc(NC(=O)CCC2CCCN2)cc(OC)c1.Cl. The largest absolute Gasteiger partial charge is 0.497 e. The molecule has 1 aliphatic heterocycles. The Morgan fingerprint density at radius 2 is 1.95 bits per heavy atom. The van der Waals surface area contributed by atoms with Crippen LogP contribution in [0.4, 0.5) is 5.69 Å². The number of methoxy groups -OCH3 is 2. The number of carbonyl (C=O) groups excluding carboxylic acids is 1. The van der Waals surface area contributed by atoms with Crippen molar-refractivity contribution in [1.29, 1.82) is 0 Å². The summed E-state index contributed by atoms with van der Waals surface area (Å²) in [5.41, 5.74) is 0.700. The Balaban J connectivity index is 0.00000220. The van der Waals surface area contributed by atoms with Crippen molar-refractivity contribution in [2.45, 2.75) is 31.7 Å². The Morgan fingerprint density at radius 3 is 2.48 bits per heavy atom. The lowest BCUT2D eigenvalue weighted by Crippen LogP contribution is -2.23. The molecule has 118 valence electrons. The molecule has 1 atom stereocenters. The average Bonchev–Trinajstić information content (AvgIpc) is 2.98. The number of anilines is 1. The number of rotatable bonds is 6.